The zero-order valence-corrected chi connectivity index (χ0v) is 17.4. The Hall–Kier alpha value is -3.33. The van der Waals surface area contributed by atoms with Crippen LogP contribution in [0.2, 0.25) is 0 Å². The van der Waals surface area contributed by atoms with E-state index in [0.717, 1.165) is 18.7 Å². The van der Waals surface area contributed by atoms with Crippen LogP contribution in [-0.4, -0.2) is 47.0 Å². The molecule has 0 aromatic heterocycles. The summed E-state index contributed by atoms with van der Waals surface area (Å²) in [6.45, 7) is 5.31. The molecule has 0 saturated carbocycles. The van der Waals surface area contributed by atoms with Crippen LogP contribution in [0.3, 0.4) is 0 Å². The third-order valence-electron chi connectivity index (χ3n) is 5.91. The van der Waals surface area contributed by atoms with E-state index in [0.29, 0.717) is 5.56 Å². The van der Waals surface area contributed by atoms with Gasteiger partial charge >= 0.3 is 11.9 Å². The van der Waals surface area contributed by atoms with E-state index in [-0.39, 0.29) is 11.5 Å². The minimum Gasteiger partial charge on any atom is -0.422 e. The van der Waals surface area contributed by atoms with Gasteiger partial charge in [0.25, 0.3) is 6.29 Å². The monoisotopic (exact) mass is 427 g/mol. The Kier molecular flexibility index (Phi) is 4.62. The lowest BCUT2D eigenvalue weighted by Gasteiger charge is -2.34. The Labute approximate surface area is 177 Å². The molecule has 0 radical (unpaired) electrons. The highest BCUT2D eigenvalue weighted by atomic mass is 16.7. The van der Waals surface area contributed by atoms with Gasteiger partial charge < -0.3 is 14.2 Å². The van der Waals surface area contributed by atoms with Gasteiger partial charge in [-0.1, -0.05) is 18.2 Å². The van der Waals surface area contributed by atoms with Crippen LogP contribution in [0.1, 0.15) is 38.1 Å². The third-order valence-corrected chi connectivity index (χ3v) is 5.91. The van der Waals surface area contributed by atoms with Gasteiger partial charge in [0.1, 0.15) is 0 Å². The van der Waals surface area contributed by atoms with Crippen LogP contribution < -0.4 is 4.90 Å². The lowest BCUT2D eigenvalue weighted by atomic mass is 9.72. The van der Waals surface area contributed by atoms with Crippen LogP contribution in [0, 0.1) is 11.8 Å². The average molecular weight is 427 g/mol. The van der Waals surface area contributed by atoms with Gasteiger partial charge in [0, 0.05) is 19.4 Å². The van der Waals surface area contributed by atoms with E-state index in [1.807, 2.05) is 0 Å². The maximum Gasteiger partial charge on any atom is 0.305 e. The van der Waals surface area contributed by atoms with Crippen molar-refractivity contribution in [3.05, 3.63) is 42.0 Å². The molecule has 3 heterocycles. The fourth-order valence-electron chi connectivity index (χ4n) is 4.68. The highest BCUT2D eigenvalue weighted by Gasteiger charge is 2.75. The van der Waals surface area contributed by atoms with Crippen molar-refractivity contribution in [2.24, 2.45) is 11.8 Å². The number of ether oxygens (including phenoxy) is 3. The third kappa shape index (κ3) is 2.99. The smallest absolute Gasteiger partial charge is 0.305 e. The van der Waals surface area contributed by atoms with Gasteiger partial charge in [0.2, 0.25) is 11.8 Å². The zero-order chi connectivity index (χ0) is 22.7. The predicted octanol–water partition coefficient (Wildman–Crippen LogP) is 1.54. The molecule has 2 amide bonds. The molecule has 4 atom stereocenters. The molecule has 2 bridgehead atoms. The van der Waals surface area contributed by atoms with Crippen LogP contribution in [0.4, 0.5) is 5.69 Å². The molecule has 0 N–H and O–H groups in total. The van der Waals surface area contributed by atoms with E-state index in [9.17, 15) is 24.0 Å². The molecule has 3 aliphatic rings. The first-order valence-electron chi connectivity index (χ1n) is 9.74. The molecule has 9 heteroatoms. The molecule has 9 nitrogen and oxygen atoms in total. The molecule has 2 saturated heterocycles. The minimum atomic E-state index is -1.64. The van der Waals surface area contributed by atoms with Gasteiger partial charge in [-0.3, -0.25) is 24.0 Å². The summed E-state index contributed by atoms with van der Waals surface area (Å²) in [5.41, 5.74) is -2.20. The van der Waals surface area contributed by atoms with E-state index < -0.39 is 53.1 Å². The number of amides is 2. The molecule has 1 aromatic carbocycles. The van der Waals surface area contributed by atoms with Gasteiger partial charge in [0.05, 0.1) is 23.1 Å². The largest absolute Gasteiger partial charge is 0.422 e. The average Bonchev–Trinajstić information content (AvgIpc) is 3.26. The quantitative estimate of drug-likeness (QED) is 0.228. The van der Waals surface area contributed by atoms with Crippen molar-refractivity contribution in [2.75, 3.05) is 4.90 Å². The van der Waals surface area contributed by atoms with Gasteiger partial charge in [-0.05, 0) is 32.1 Å². The Morgan fingerprint density at radius 3 is 2.19 bits per heavy atom. The molecule has 0 aliphatic carbocycles. The first-order valence-corrected chi connectivity index (χ1v) is 9.74. The number of benzene rings is 1. The fourth-order valence-corrected chi connectivity index (χ4v) is 4.68. The van der Waals surface area contributed by atoms with Crippen molar-refractivity contribution >= 4 is 35.2 Å². The summed E-state index contributed by atoms with van der Waals surface area (Å²) in [7, 11) is 0. The van der Waals surface area contributed by atoms with Crippen LogP contribution >= 0.6 is 0 Å². The Morgan fingerprint density at radius 1 is 1.00 bits per heavy atom. The summed E-state index contributed by atoms with van der Waals surface area (Å²) in [5, 5.41) is 0. The number of nitrogens with zero attached hydrogens (tertiary/aromatic N) is 1. The summed E-state index contributed by atoms with van der Waals surface area (Å²) in [5.74, 6) is -4.78. The van der Waals surface area contributed by atoms with Gasteiger partial charge in [-0.2, -0.15) is 0 Å². The standard InChI is InChI=1S/C22H21NO8/c1-11(24)14-6-5-7-15(10-14)23-18(27)16-17(19(23)28)22(9-8-21(16,4)31-22)20(29-12(2)25)30-13(3)26/h5-10,16-17,20H,1-4H3/t16-,17+,21+,22-/m0/s1. The molecule has 3 aliphatic heterocycles. The molecule has 2 fully saturated rings. The molecule has 162 valence electrons. The number of ketones is 1. The number of rotatable bonds is 5. The van der Waals surface area contributed by atoms with Crippen LogP contribution in [-0.2, 0) is 33.4 Å². The number of carbonyl (C=O) groups excluding carboxylic acids is 5. The summed E-state index contributed by atoms with van der Waals surface area (Å²) in [4.78, 5) is 63.0. The van der Waals surface area contributed by atoms with Crippen LogP contribution in [0.5, 0.6) is 0 Å². The van der Waals surface area contributed by atoms with E-state index in [4.69, 9.17) is 14.2 Å². The van der Waals surface area contributed by atoms with Crippen LogP contribution in [0.25, 0.3) is 0 Å². The van der Waals surface area contributed by atoms with Gasteiger partial charge in [-0.15, -0.1) is 0 Å². The number of imide groups is 1. The van der Waals surface area contributed by atoms with E-state index in [2.05, 4.69) is 0 Å². The van der Waals surface area contributed by atoms with E-state index >= 15 is 0 Å². The minimum absolute atomic E-state index is 0.209. The topological polar surface area (TPSA) is 116 Å². The molecular formula is C22H21NO8. The molecule has 4 rings (SSSR count). The number of fused-ring (bicyclic) bond motifs is 5. The second-order valence-corrected chi connectivity index (χ2v) is 8.10. The number of anilines is 1. The van der Waals surface area contributed by atoms with Crippen molar-refractivity contribution in [2.45, 2.75) is 45.2 Å². The molecule has 0 unspecified atom stereocenters. The summed E-state index contributed by atoms with van der Waals surface area (Å²) in [6, 6.07) is 6.21. The number of hydrogen-bond acceptors (Lipinski definition) is 8. The maximum atomic E-state index is 13.5. The summed E-state index contributed by atoms with van der Waals surface area (Å²) in [6.07, 6.45) is 1.59. The predicted molar refractivity (Wildman–Crippen MR) is 105 cm³/mol. The molecule has 31 heavy (non-hydrogen) atoms. The number of hydrogen-bond donors (Lipinski definition) is 0. The summed E-state index contributed by atoms with van der Waals surface area (Å²) >= 11 is 0. The number of Topliss-reactive ketones (excluding diaryl/α,β-unsaturated/α-hetero) is 1. The highest BCUT2D eigenvalue weighted by Crippen LogP contribution is 2.59. The fraction of sp³-hybridized carbons (Fsp3) is 0.409. The second kappa shape index (κ2) is 6.84. The Balaban J connectivity index is 1.79. The SMILES string of the molecule is CC(=O)OC(OC(C)=O)[C@@]12C=C[C@@](C)(O1)[C@@H]1C(=O)N(c3cccc(C(C)=O)c3)C(=O)[C@@H]12. The van der Waals surface area contributed by atoms with Gasteiger partial charge in [0.15, 0.2) is 11.4 Å². The normalized spacial score (nSPS) is 30.7. The highest BCUT2D eigenvalue weighted by molar-refractivity contribution is 6.23. The van der Waals surface area contributed by atoms with Crippen molar-refractivity contribution in [3.63, 3.8) is 0 Å². The Bertz CT molecular complexity index is 1050. The van der Waals surface area contributed by atoms with Crippen molar-refractivity contribution in [1.29, 1.82) is 0 Å². The Morgan fingerprint density at radius 2 is 1.61 bits per heavy atom. The first kappa shape index (κ1) is 20.9. The lowest BCUT2D eigenvalue weighted by molar-refractivity contribution is -0.231. The van der Waals surface area contributed by atoms with Crippen LogP contribution in [0.15, 0.2) is 36.4 Å². The van der Waals surface area contributed by atoms with E-state index in [1.165, 1.54) is 19.1 Å². The maximum absolute atomic E-state index is 13.5. The second-order valence-electron chi connectivity index (χ2n) is 8.10. The zero-order valence-electron chi connectivity index (χ0n) is 17.4. The lowest BCUT2D eigenvalue weighted by Crippen LogP contribution is -2.52. The molecular weight excluding hydrogens is 406 g/mol. The van der Waals surface area contributed by atoms with Crippen molar-refractivity contribution in [3.8, 4) is 0 Å². The van der Waals surface area contributed by atoms with Crippen molar-refractivity contribution in [1.82, 2.24) is 0 Å². The number of esters is 2. The van der Waals surface area contributed by atoms with E-state index in [1.54, 1.807) is 31.2 Å². The van der Waals surface area contributed by atoms with Gasteiger partial charge in [-0.25, -0.2) is 4.90 Å². The first-order chi connectivity index (χ1) is 14.5. The number of carbonyl (C=O) groups is 5. The molecule has 0 spiro atoms. The van der Waals surface area contributed by atoms with Crippen molar-refractivity contribution < 1.29 is 38.2 Å². The molecule has 1 aromatic rings. The summed E-state index contributed by atoms with van der Waals surface area (Å²) < 4.78 is 16.5.